The maximum Gasteiger partial charge on any atom is 0.0705 e. The molecule has 4 aliphatic heterocycles. The lowest BCUT2D eigenvalue weighted by Crippen LogP contribution is -2.46. The summed E-state index contributed by atoms with van der Waals surface area (Å²) in [7, 11) is 10.6. The van der Waals surface area contributed by atoms with E-state index in [1.165, 1.54) is 38.5 Å². The Balaban J connectivity index is 0.000000637. The molecule has 0 aromatic carbocycles. The zero-order chi connectivity index (χ0) is 37.6. The zero-order valence-electron chi connectivity index (χ0n) is 35.5. The van der Waals surface area contributed by atoms with Crippen LogP contribution in [0.15, 0.2) is 0 Å². The highest BCUT2D eigenvalue weighted by molar-refractivity contribution is 4.84. The molecule has 0 radical (unpaired) electrons. The summed E-state index contributed by atoms with van der Waals surface area (Å²) in [5.74, 6) is 2.60. The molecule has 4 fully saturated rings. The number of ether oxygens (including phenoxy) is 4. The maximum absolute atomic E-state index is 5.98. The minimum absolute atomic E-state index is 0. The van der Waals surface area contributed by atoms with Gasteiger partial charge in [-0.05, 0) is 138 Å². The van der Waals surface area contributed by atoms with E-state index >= 15 is 0 Å². The molecule has 50 heavy (non-hydrogen) atoms. The van der Waals surface area contributed by atoms with Crippen LogP contribution in [0.25, 0.3) is 0 Å². The van der Waals surface area contributed by atoms with Crippen molar-refractivity contribution >= 4 is 0 Å². The lowest BCUT2D eigenvalue weighted by atomic mass is 9.93. The van der Waals surface area contributed by atoms with Crippen molar-refractivity contribution in [3.8, 4) is 0 Å². The topological polar surface area (TPSA) is 81.5 Å². The van der Waals surface area contributed by atoms with Crippen molar-refractivity contribution in [3.63, 3.8) is 0 Å². The van der Waals surface area contributed by atoms with Gasteiger partial charge in [-0.2, -0.15) is 0 Å². The number of hydrogen-bond acceptors (Lipinski definition) is 8. The van der Waals surface area contributed by atoms with Gasteiger partial charge in [-0.3, -0.25) is 0 Å². The highest BCUT2D eigenvalue weighted by atomic mass is 16.5. The lowest BCUT2D eigenvalue weighted by Gasteiger charge is -2.39. The quantitative estimate of drug-likeness (QED) is 0.273. The first-order chi connectivity index (χ1) is 22.8. The van der Waals surface area contributed by atoms with Crippen molar-refractivity contribution in [2.24, 2.45) is 29.4 Å². The summed E-state index contributed by atoms with van der Waals surface area (Å²) >= 11 is 0. The fraction of sp³-hybridized carbons (Fsp3) is 1.00. The van der Waals surface area contributed by atoms with Crippen LogP contribution in [0.1, 0.15) is 142 Å². The average Bonchev–Trinajstić information content (AvgIpc) is 3.02. The predicted molar refractivity (Wildman–Crippen MR) is 216 cm³/mol. The lowest BCUT2D eigenvalue weighted by molar-refractivity contribution is -0.0975. The minimum Gasteiger partial charge on any atom is -0.373 e. The Hall–Kier alpha value is -0.320. The van der Waals surface area contributed by atoms with Gasteiger partial charge in [-0.1, -0.05) is 62.8 Å². The Bertz CT molecular complexity index is 805. The fourth-order valence-corrected chi connectivity index (χ4v) is 7.76. The van der Waals surface area contributed by atoms with Crippen molar-refractivity contribution in [1.82, 2.24) is 15.1 Å². The van der Waals surface area contributed by atoms with Gasteiger partial charge in [0, 0.05) is 24.2 Å². The first-order valence-corrected chi connectivity index (χ1v) is 20.2. The van der Waals surface area contributed by atoms with E-state index in [-0.39, 0.29) is 19.6 Å². The number of nitrogens with two attached hydrogens (primary N) is 1. The number of hydrogen-bond donors (Lipinski definition) is 2. The summed E-state index contributed by atoms with van der Waals surface area (Å²) < 4.78 is 23.6. The van der Waals surface area contributed by atoms with Gasteiger partial charge < -0.3 is 39.8 Å². The van der Waals surface area contributed by atoms with Crippen molar-refractivity contribution in [3.05, 3.63) is 0 Å². The van der Waals surface area contributed by atoms with Crippen LogP contribution in [-0.2, 0) is 18.9 Å². The van der Waals surface area contributed by atoms with Gasteiger partial charge in [-0.25, -0.2) is 0 Å². The molecule has 12 unspecified atom stereocenters. The van der Waals surface area contributed by atoms with Crippen LogP contribution in [0.4, 0.5) is 0 Å². The molecule has 4 saturated heterocycles. The summed E-state index contributed by atoms with van der Waals surface area (Å²) in [6.07, 6.45) is 12.9. The Kier molecular flexibility index (Phi) is 24.7. The van der Waals surface area contributed by atoms with E-state index in [1.807, 2.05) is 7.05 Å². The van der Waals surface area contributed by atoms with Gasteiger partial charge in [-0.15, -0.1) is 0 Å². The summed E-state index contributed by atoms with van der Waals surface area (Å²) in [6, 6.07) is 2.02. The van der Waals surface area contributed by atoms with Crippen LogP contribution in [0.5, 0.6) is 0 Å². The molecule has 4 rings (SSSR count). The van der Waals surface area contributed by atoms with Crippen molar-refractivity contribution in [2.75, 3.05) is 35.2 Å². The van der Waals surface area contributed by atoms with E-state index in [0.717, 1.165) is 12.8 Å². The molecule has 4 heterocycles. The smallest absolute Gasteiger partial charge is 0.0705 e. The Morgan fingerprint density at radius 2 is 0.780 bits per heavy atom. The molecule has 8 heteroatoms. The predicted octanol–water partition coefficient (Wildman–Crippen LogP) is 8.25. The largest absolute Gasteiger partial charge is 0.373 e. The van der Waals surface area contributed by atoms with E-state index in [0.29, 0.717) is 84.5 Å². The number of nitrogens with zero attached hydrogens (tertiary/aromatic N) is 2. The zero-order valence-corrected chi connectivity index (χ0v) is 35.5. The Morgan fingerprint density at radius 1 is 0.480 bits per heavy atom. The molecule has 3 N–H and O–H groups in total. The van der Waals surface area contributed by atoms with Gasteiger partial charge in [0.05, 0.1) is 48.8 Å². The van der Waals surface area contributed by atoms with Crippen LogP contribution < -0.4 is 11.1 Å². The highest BCUT2D eigenvalue weighted by Crippen LogP contribution is 2.28. The Labute approximate surface area is 313 Å². The van der Waals surface area contributed by atoms with E-state index in [2.05, 4.69) is 126 Å². The van der Waals surface area contributed by atoms with Gasteiger partial charge >= 0.3 is 0 Å². The fourth-order valence-electron chi connectivity index (χ4n) is 7.76. The molecule has 0 aliphatic carbocycles. The molecule has 8 nitrogen and oxygen atoms in total. The molecule has 0 spiro atoms. The Morgan fingerprint density at radius 3 is 1.04 bits per heavy atom. The van der Waals surface area contributed by atoms with Gasteiger partial charge in [0.15, 0.2) is 0 Å². The first-order valence-electron chi connectivity index (χ1n) is 20.2. The third kappa shape index (κ3) is 17.2. The monoisotopic (exact) mass is 715 g/mol. The number of likely N-dealkylation sites (N-methyl/N-ethyl adjacent to an activating group) is 3. The average molecular weight is 715 g/mol. The summed E-state index contributed by atoms with van der Waals surface area (Å²) in [5.41, 5.74) is 5.82. The summed E-state index contributed by atoms with van der Waals surface area (Å²) in [6.45, 7) is 26.5. The molecule has 0 saturated carbocycles. The van der Waals surface area contributed by atoms with E-state index in [4.69, 9.17) is 24.7 Å². The molecule has 0 amide bonds. The number of nitrogens with one attached hydrogen (secondary N) is 1. The van der Waals surface area contributed by atoms with Gasteiger partial charge in [0.2, 0.25) is 0 Å². The summed E-state index contributed by atoms with van der Waals surface area (Å²) in [4.78, 5) is 4.56. The van der Waals surface area contributed by atoms with Crippen LogP contribution in [0.2, 0.25) is 0 Å². The molecule has 12 atom stereocenters. The standard InChI is InChI=1S/2C11H23NO.C10H21NO.C9H19NO.CH4/c2*1-8(2)11-7-6-10(12(4)5)9(3)13-11;1-7(2)10-6-5-9(11-4)8(3)12-10;1-6(2)9-5-4-8(10)7(3)11-9;/h2*8-11H,6-7H2,1-5H3;7-11H,5-6H2,1-4H3;6-9H,4-5,10H2,1-3H3;1H4. The molecule has 302 valence electrons. The van der Waals surface area contributed by atoms with E-state index in [9.17, 15) is 0 Å². The van der Waals surface area contributed by atoms with Gasteiger partial charge in [0.25, 0.3) is 0 Å². The summed E-state index contributed by atoms with van der Waals surface area (Å²) in [5, 5.41) is 3.29. The third-order valence-electron chi connectivity index (χ3n) is 11.5. The molecule has 0 aromatic rings. The van der Waals surface area contributed by atoms with Crippen LogP contribution in [-0.4, -0.2) is 118 Å². The highest BCUT2D eigenvalue weighted by Gasteiger charge is 2.32. The molecular weight excluding hydrogens is 624 g/mol. The normalized spacial score (nSPS) is 36.2. The van der Waals surface area contributed by atoms with Crippen molar-refractivity contribution in [2.45, 2.75) is 215 Å². The third-order valence-corrected chi connectivity index (χ3v) is 11.5. The molecule has 4 aliphatic rings. The van der Waals surface area contributed by atoms with Crippen LogP contribution >= 0.6 is 0 Å². The first kappa shape index (κ1) is 49.7. The van der Waals surface area contributed by atoms with Crippen LogP contribution in [0, 0.1) is 23.7 Å². The second-order valence-electron chi connectivity index (χ2n) is 17.4. The molecule has 0 aromatic heterocycles. The molecule has 0 bridgehead atoms. The minimum atomic E-state index is 0. The number of rotatable bonds is 7. The second kappa shape index (κ2) is 24.9. The van der Waals surface area contributed by atoms with E-state index in [1.54, 1.807) is 0 Å². The van der Waals surface area contributed by atoms with Crippen molar-refractivity contribution < 1.29 is 18.9 Å². The van der Waals surface area contributed by atoms with Crippen LogP contribution in [0.3, 0.4) is 0 Å². The maximum atomic E-state index is 5.98. The van der Waals surface area contributed by atoms with Gasteiger partial charge in [0.1, 0.15) is 0 Å². The molecular formula is C42H90N4O4. The SMILES string of the molecule is C.CC(C)C1CCC(N(C)C)C(C)O1.CC(C)C1CCC(N(C)C)C(C)O1.CC(C)C1CCC(N)C(C)O1.CNC1CCC(C(C)C)OC1C. The second-order valence-corrected chi connectivity index (χ2v) is 17.4. The van der Waals surface area contributed by atoms with E-state index < -0.39 is 0 Å². The van der Waals surface area contributed by atoms with Crippen molar-refractivity contribution in [1.29, 1.82) is 0 Å².